The molecule has 0 aliphatic carbocycles. The van der Waals surface area contributed by atoms with Gasteiger partial charge in [-0.1, -0.05) is 0 Å². The maximum atomic E-state index is 3.96. The molecule has 0 aromatic heterocycles. The molecule has 50 valence electrons. The largest absolute Gasteiger partial charge is 0.302 e. The summed E-state index contributed by atoms with van der Waals surface area (Å²) in [5, 5.41) is 1.90. The minimum Gasteiger partial charge on any atom is -0.302 e. The van der Waals surface area contributed by atoms with E-state index >= 15 is 0 Å². The van der Waals surface area contributed by atoms with Crippen molar-refractivity contribution >= 4 is 6.21 Å². The van der Waals surface area contributed by atoms with Gasteiger partial charge in [0.1, 0.15) is 0 Å². The number of nitrogens with zero attached hydrogens (tertiary/aromatic N) is 2. The molecule has 10 heavy (non-hydrogen) atoms. The van der Waals surface area contributed by atoms with Gasteiger partial charge < -0.3 is 5.43 Å². The van der Waals surface area contributed by atoms with Gasteiger partial charge >= 0.3 is 0 Å². The number of allylic oxidation sites excluding steroid dienone is 2. The summed E-state index contributed by atoms with van der Waals surface area (Å²) < 4.78 is 0. The first-order valence-electron chi connectivity index (χ1n) is 3.09. The summed E-state index contributed by atoms with van der Waals surface area (Å²) in [6, 6.07) is 0. The van der Waals surface area contributed by atoms with E-state index in [1.165, 1.54) is 0 Å². The molecular weight excluding hydrogens is 126 g/mol. The molecule has 1 N–H and O–H groups in total. The fraction of sp³-hybridized carbons (Fsp3) is 0. The van der Waals surface area contributed by atoms with Crippen molar-refractivity contribution in [1.29, 1.82) is 0 Å². The third-order valence-electron chi connectivity index (χ3n) is 1.38. The van der Waals surface area contributed by atoms with Crippen molar-refractivity contribution in [3.05, 3.63) is 36.4 Å². The molecule has 2 aliphatic rings. The predicted octanol–water partition coefficient (Wildman–Crippen LogP) is 0.760. The first-order valence-corrected chi connectivity index (χ1v) is 3.09. The first kappa shape index (κ1) is 5.29. The summed E-state index contributed by atoms with van der Waals surface area (Å²) >= 11 is 0. The average Bonchev–Trinajstić information content (AvgIpc) is 2.28. The summed E-state index contributed by atoms with van der Waals surface area (Å²) in [7, 11) is 0. The van der Waals surface area contributed by atoms with E-state index in [0.717, 1.165) is 5.70 Å². The number of hydrogen-bond acceptors (Lipinski definition) is 3. The van der Waals surface area contributed by atoms with E-state index in [0.29, 0.717) is 0 Å². The van der Waals surface area contributed by atoms with Gasteiger partial charge in [0.15, 0.2) is 0 Å². The van der Waals surface area contributed by atoms with Gasteiger partial charge in [-0.05, 0) is 12.2 Å². The molecule has 3 heteroatoms. The standard InChI is InChI=1S/C7H7N3/c1-3-8-5-6-10-7(1)2-4-9-10/h1-6,9H. The van der Waals surface area contributed by atoms with E-state index in [4.69, 9.17) is 0 Å². The lowest BCUT2D eigenvalue weighted by molar-refractivity contribution is 0.432. The van der Waals surface area contributed by atoms with Crippen LogP contribution in [0.1, 0.15) is 0 Å². The van der Waals surface area contributed by atoms with Gasteiger partial charge in [0, 0.05) is 24.8 Å². The quantitative estimate of drug-likeness (QED) is 0.528. The summed E-state index contributed by atoms with van der Waals surface area (Å²) in [6.07, 6.45) is 11.2. The lowest BCUT2D eigenvalue weighted by Crippen LogP contribution is -2.21. The fourth-order valence-corrected chi connectivity index (χ4v) is 0.897. The van der Waals surface area contributed by atoms with Crippen LogP contribution in [0.2, 0.25) is 0 Å². The molecule has 0 radical (unpaired) electrons. The SMILES string of the molecule is C1=CN2NC=CC2=CC=N1. The van der Waals surface area contributed by atoms with Gasteiger partial charge in [0.05, 0.1) is 5.70 Å². The van der Waals surface area contributed by atoms with E-state index in [-0.39, 0.29) is 0 Å². The van der Waals surface area contributed by atoms with Crippen LogP contribution in [-0.4, -0.2) is 11.2 Å². The van der Waals surface area contributed by atoms with Gasteiger partial charge in [0.25, 0.3) is 0 Å². The summed E-state index contributed by atoms with van der Waals surface area (Å²) in [5.74, 6) is 0. The van der Waals surface area contributed by atoms with Crippen LogP contribution in [0.25, 0.3) is 0 Å². The highest BCUT2D eigenvalue weighted by molar-refractivity contribution is 5.74. The van der Waals surface area contributed by atoms with Crippen LogP contribution in [0.3, 0.4) is 0 Å². The zero-order valence-corrected chi connectivity index (χ0v) is 5.36. The highest BCUT2D eigenvalue weighted by Crippen LogP contribution is 2.10. The van der Waals surface area contributed by atoms with Gasteiger partial charge in [0.2, 0.25) is 0 Å². The molecule has 0 saturated heterocycles. The number of nitrogens with one attached hydrogen (secondary N) is 1. The zero-order valence-electron chi connectivity index (χ0n) is 5.36. The van der Waals surface area contributed by atoms with Gasteiger partial charge in [-0.3, -0.25) is 10.0 Å². The molecule has 0 fully saturated rings. The smallest absolute Gasteiger partial charge is 0.0654 e. The maximum Gasteiger partial charge on any atom is 0.0654 e. The molecule has 0 atom stereocenters. The lowest BCUT2D eigenvalue weighted by Gasteiger charge is -2.12. The number of hydrazine groups is 1. The molecule has 0 spiro atoms. The Hall–Kier alpha value is -1.51. The zero-order chi connectivity index (χ0) is 6.81. The Balaban J connectivity index is 2.36. The third kappa shape index (κ3) is 0.719. The third-order valence-corrected chi connectivity index (χ3v) is 1.38. The summed E-state index contributed by atoms with van der Waals surface area (Å²) in [5.41, 5.74) is 4.12. The molecular formula is C7H7N3. The molecule has 2 heterocycles. The second-order valence-corrected chi connectivity index (χ2v) is 2.02. The number of aliphatic imine (C=N–C) groups is 1. The second-order valence-electron chi connectivity index (χ2n) is 2.02. The minimum absolute atomic E-state index is 1.11. The van der Waals surface area contributed by atoms with Crippen LogP contribution >= 0.6 is 0 Å². The Bertz CT molecular complexity index is 248. The van der Waals surface area contributed by atoms with Crippen LogP contribution < -0.4 is 5.43 Å². The predicted molar refractivity (Wildman–Crippen MR) is 39.8 cm³/mol. The molecule has 0 unspecified atom stereocenters. The van der Waals surface area contributed by atoms with Gasteiger partial charge in [-0.25, -0.2) is 0 Å². The maximum absolute atomic E-state index is 3.96. The lowest BCUT2D eigenvalue weighted by atomic mass is 10.4. The van der Waals surface area contributed by atoms with Crippen molar-refractivity contribution in [2.75, 3.05) is 0 Å². The van der Waals surface area contributed by atoms with Crippen molar-refractivity contribution in [3.8, 4) is 0 Å². The van der Waals surface area contributed by atoms with Crippen LogP contribution in [-0.2, 0) is 0 Å². The van der Waals surface area contributed by atoms with Crippen molar-refractivity contribution in [2.24, 2.45) is 4.99 Å². The highest BCUT2D eigenvalue weighted by atomic mass is 15.5. The van der Waals surface area contributed by atoms with E-state index < -0.39 is 0 Å². The van der Waals surface area contributed by atoms with Crippen LogP contribution in [0.15, 0.2) is 41.4 Å². The molecule has 0 aromatic carbocycles. The topological polar surface area (TPSA) is 27.6 Å². The Morgan fingerprint density at radius 2 is 2.50 bits per heavy atom. The summed E-state index contributed by atoms with van der Waals surface area (Å²) in [6.45, 7) is 0. The molecule has 3 nitrogen and oxygen atoms in total. The van der Waals surface area contributed by atoms with E-state index in [1.807, 2.05) is 29.6 Å². The van der Waals surface area contributed by atoms with E-state index in [9.17, 15) is 0 Å². The van der Waals surface area contributed by atoms with Crippen molar-refractivity contribution in [1.82, 2.24) is 10.4 Å². The molecule has 2 aliphatic heterocycles. The van der Waals surface area contributed by atoms with Crippen LogP contribution in [0.5, 0.6) is 0 Å². The number of hydrogen-bond donors (Lipinski definition) is 1. The molecule has 0 aromatic rings. The molecule has 2 rings (SSSR count). The average molecular weight is 133 g/mol. The van der Waals surface area contributed by atoms with E-state index in [2.05, 4.69) is 10.4 Å². The van der Waals surface area contributed by atoms with Gasteiger partial charge in [-0.2, -0.15) is 0 Å². The van der Waals surface area contributed by atoms with Crippen LogP contribution in [0, 0.1) is 0 Å². The molecule has 0 saturated carbocycles. The molecule has 0 bridgehead atoms. The number of fused-ring (bicyclic) bond motifs is 1. The first-order chi connectivity index (χ1) is 4.97. The Morgan fingerprint density at radius 3 is 3.50 bits per heavy atom. The summed E-state index contributed by atoms with van der Waals surface area (Å²) in [4.78, 5) is 3.96. The minimum atomic E-state index is 1.11. The highest BCUT2D eigenvalue weighted by Gasteiger charge is 2.06. The molecule has 0 amide bonds. The number of rotatable bonds is 0. The van der Waals surface area contributed by atoms with Crippen molar-refractivity contribution < 1.29 is 0 Å². The normalized spacial score (nSPS) is 20.0. The van der Waals surface area contributed by atoms with Crippen molar-refractivity contribution in [3.63, 3.8) is 0 Å². The monoisotopic (exact) mass is 133 g/mol. The van der Waals surface area contributed by atoms with Gasteiger partial charge in [-0.15, -0.1) is 0 Å². The Morgan fingerprint density at radius 1 is 1.50 bits per heavy atom. The Labute approximate surface area is 59.0 Å². The second kappa shape index (κ2) is 2.02. The Kier molecular flexibility index (Phi) is 1.07. The van der Waals surface area contributed by atoms with E-state index in [1.54, 1.807) is 12.4 Å². The van der Waals surface area contributed by atoms with Crippen molar-refractivity contribution in [2.45, 2.75) is 0 Å². The fourth-order valence-electron chi connectivity index (χ4n) is 0.897. The van der Waals surface area contributed by atoms with Crippen LogP contribution in [0.4, 0.5) is 0 Å².